The standard InChI is InChI=1S/C12H11BrN2O3/c1-7-5-9(13)8(12(17)18-2)6-10(7)15-11(16)3-4-14/h5-6H,3H2,1-2H3,(H,15,16). The fourth-order valence-electron chi connectivity index (χ4n) is 1.34. The number of anilines is 1. The summed E-state index contributed by atoms with van der Waals surface area (Å²) in [6, 6.07) is 4.97. The van der Waals surface area contributed by atoms with E-state index in [1.54, 1.807) is 19.1 Å². The molecule has 1 amide bonds. The highest BCUT2D eigenvalue weighted by molar-refractivity contribution is 9.10. The lowest BCUT2D eigenvalue weighted by Crippen LogP contribution is -2.12. The van der Waals surface area contributed by atoms with Crippen LogP contribution >= 0.6 is 15.9 Å². The van der Waals surface area contributed by atoms with E-state index in [9.17, 15) is 9.59 Å². The van der Waals surface area contributed by atoms with Crippen LogP contribution in [0.25, 0.3) is 0 Å². The molecule has 0 aliphatic rings. The van der Waals surface area contributed by atoms with Crippen molar-refractivity contribution in [1.29, 1.82) is 5.26 Å². The summed E-state index contributed by atoms with van der Waals surface area (Å²) in [5, 5.41) is 11.0. The molecule has 0 saturated carbocycles. The van der Waals surface area contributed by atoms with Crippen molar-refractivity contribution < 1.29 is 14.3 Å². The van der Waals surface area contributed by atoms with E-state index < -0.39 is 11.9 Å². The average molecular weight is 311 g/mol. The molecule has 18 heavy (non-hydrogen) atoms. The van der Waals surface area contributed by atoms with E-state index >= 15 is 0 Å². The molecule has 0 bridgehead atoms. The fourth-order valence-corrected chi connectivity index (χ4v) is 1.96. The van der Waals surface area contributed by atoms with E-state index in [0.717, 1.165) is 5.56 Å². The highest BCUT2D eigenvalue weighted by Crippen LogP contribution is 2.26. The molecular weight excluding hydrogens is 300 g/mol. The molecule has 0 aliphatic carbocycles. The van der Waals surface area contributed by atoms with Gasteiger partial charge in [0.1, 0.15) is 6.42 Å². The molecule has 0 saturated heterocycles. The summed E-state index contributed by atoms with van der Waals surface area (Å²) in [4.78, 5) is 22.8. The average Bonchev–Trinajstić information content (AvgIpc) is 2.32. The number of halogens is 1. The van der Waals surface area contributed by atoms with Gasteiger partial charge >= 0.3 is 5.97 Å². The van der Waals surface area contributed by atoms with Crippen LogP contribution in [0.15, 0.2) is 16.6 Å². The maximum absolute atomic E-state index is 11.5. The predicted octanol–water partition coefficient (Wildman–Crippen LogP) is 2.40. The minimum absolute atomic E-state index is 0.233. The summed E-state index contributed by atoms with van der Waals surface area (Å²) in [5.41, 5.74) is 1.58. The van der Waals surface area contributed by atoms with Crippen molar-refractivity contribution in [2.24, 2.45) is 0 Å². The molecular formula is C12H11BrN2O3. The molecule has 1 aromatic rings. The number of nitriles is 1. The van der Waals surface area contributed by atoms with Crippen LogP contribution in [0.3, 0.4) is 0 Å². The van der Waals surface area contributed by atoms with Gasteiger partial charge in [-0.25, -0.2) is 4.79 Å². The first-order valence-electron chi connectivity index (χ1n) is 5.05. The second kappa shape index (κ2) is 6.17. The number of hydrogen-bond donors (Lipinski definition) is 1. The van der Waals surface area contributed by atoms with Gasteiger partial charge < -0.3 is 10.1 Å². The fraction of sp³-hybridized carbons (Fsp3) is 0.250. The van der Waals surface area contributed by atoms with Crippen LogP contribution < -0.4 is 5.32 Å². The maximum atomic E-state index is 11.5. The van der Waals surface area contributed by atoms with E-state index in [0.29, 0.717) is 15.7 Å². The summed E-state index contributed by atoms with van der Waals surface area (Å²) < 4.78 is 5.22. The van der Waals surface area contributed by atoms with E-state index in [-0.39, 0.29) is 6.42 Å². The number of methoxy groups -OCH3 is 1. The highest BCUT2D eigenvalue weighted by atomic mass is 79.9. The van der Waals surface area contributed by atoms with Crippen molar-refractivity contribution in [2.45, 2.75) is 13.3 Å². The normalized spacial score (nSPS) is 9.44. The minimum Gasteiger partial charge on any atom is -0.465 e. The Balaban J connectivity index is 3.10. The Morgan fingerprint density at radius 1 is 1.50 bits per heavy atom. The van der Waals surface area contributed by atoms with Gasteiger partial charge in [0.25, 0.3) is 0 Å². The number of ether oxygens (including phenoxy) is 1. The first-order valence-corrected chi connectivity index (χ1v) is 5.84. The van der Waals surface area contributed by atoms with Crippen molar-refractivity contribution in [3.8, 4) is 6.07 Å². The molecule has 94 valence electrons. The van der Waals surface area contributed by atoms with Gasteiger partial charge in [0, 0.05) is 10.2 Å². The van der Waals surface area contributed by atoms with Gasteiger partial charge in [-0.15, -0.1) is 0 Å². The molecule has 0 atom stereocenters. The minimum atomic E-state index is -0.502. The molecule has 1 aromatic carbocycles. The Hall–Kier alpha value is -1.87. The summed E-state index contributed by atoms with van der Waals surface area (Å²) >= 11 is 3.25. The zero-order valence-electron chi connectivity index (χ0n) is 9.91. The van der Waals surface area contributed by atoms with Crippen molar-refractivity contribution in [3.63, 3.8) is 0 Å². The number of nitrogens with one attached hydrogen (secondary N) is 1. The smallest absolute Gasteiger partial charge is 0.339 e. The van der Waals surface area contributed by atoms with E-state index in [1.165, 1.54) is 13.2 Å². The van der Waals surface area contributed by atoms with Gasteiger partial charge in [0.05, 0.1) is 18.7 Å². The Morgan fingerprint density at radius 3 is 2.72 bits per heavy atom. The summed E-state index contributed by atoms with van der Waals surface area (Å²) in [6.45, 7) is 1.79. The van der Waals surface area contributed by atoms with Gasteiger partial charge in [-0.1, -0.05) is 0 Å². The number of rotatable bonds is 3. The lowest BCUT2D eigenvalue weighted by Gasteiger charge is -2.10. The molecule has 0 spiro atoms. The zero-order chi connectivity index (χ0) is 13.7. The monoisotopic (exact) mass is 310 g/mol. The Kier molecular flexibility index (Phi) is 4.86. The molecule has 0 aromatic heterocycles. The lowest BCUT2D eigenvalue weighted by atomic mass is 10.1. The van der Waals surface area contributed by atoms with Crippen LogP contribution in [0.4, 0.5) is 5.69 Å². The number of aryl methyl sites for hydroxylation is 1. The second-order valence-electron chi connectivity index (χ2n) is 3.52. The van der Waals surface area contributed by atoms with Crippen molar-refractivity contribution in [3.05, 3.63) is 27.7 Å². The molecule has 0 aliphatic heterocycles. The van der Waals surface area contributed by atoms with Gasteiger partial charge in [-0.3, -0.25) is 4.79 Å². The lowest BCUT2D eigenvalue weighted by molar-refractivity contribution is -0.115. The van der Waals surface area contributed by atoms with Crippen LogP contribution in [0.2, 0.25) is 0 Å². The summed E-state index contributed by atoms with van der Waals surface area (Å²) in [5.74, 6) is -0.920. The molecule has 6 heteroatoms. The predicted molar refractivity (Wildman–Crippen MR) is 69.1 cm³/mol. The van der Waals surface area contributed by atoms with Crippen LogP contribution in [-0.4, -0.2) is 19.0 Å². The third-order valence-electron chi connectivity index (χ3n) is 2.23. The van der Waals surface area contributed by atoms with Gasteiger partial charge in [0.2, 0.25) is 5.91 Å². The third kappa shape index (κ3) is 3.31. The molecule has 1 rings (SSSR count). The van der Waals surface area contributed by atoms with Crippen LogP contribution in [0.1, 0.15) is 22.3 Å². The summed E-state index contributed by atoms with van der Waals surface area (Å²) in [6.07, 6.45) is -0.233. The van der Waals surface area contributed by atoms with Crippen molar-refractivity contribution in [1.82, 2.24) is 0 Å². The van der Waals surface area contributed by atoms with Crippen LogP contribution in [0.5, 0.6) is 0 Å². The van der Waals surface area contributed by atoms with Gasteiger partial charge in [-0.2, -0.15) is 5.26 Å². The first kappa shape index (κ1) is 14.2. The largest absolute Gasteiger partial charge is 0.465 e. The number of nitrogens with zero attached hydrogens (tertiary/aromatic N) is 1. The van der Waals surface area contributed by atoms with E-state index in [1.807, 2.05) is 0 Å². The summed E-state index contributed by atoms with van der Waals surface area (Å²) in [7, 11) is 1.28. The molecule has 0 fully saturated rings. The number of benzene rings is 1. The number of esters is 1. The number of amides is 1. The SMILES string of the molecule is COC(=O)c1cc(NC(=O)CC#N)c(C)cc1Br. The Bertz CT molecular complexity index is 535. The second-order valence-corrected chi connectivity index (χ2v) is 4.38. The number of carbonyl (C=O) groups excluding carboxylic acids is 2. The van der Waals surface area contributed by atoms with E-state index in [2.05, 4.69) is 26.0 Å². The highest BCUT2D eigenvalue weighted by Gasteiger charge is 2.14. The Labute approximate surface area is 113 Å². The van der Waals surface area contributed by atoms with Crippen molar-refractivity contribution >= 4 is 33.5 Å². The quantitative estimate of drug-likeness (QED) is 0.869. The van der Waals surface area contributed by atoms with E-state index in [4.69, 9.17) is 5.26 Å². The van der Waals surface area contributed by atoms with Crippen LogP contribution in [-0.2, 0) is 9.53 Å². The Morgan fingerprint density at radius 2 is 2.17 bits per heavy atom. The topological polar surface area (TPSA) is 79.2 Å². The molecule has 0 heterocycles. The van der Waals surface area contributed by atoms with Gasteiger partial charge in [-0.05, 0) is 40.5 Å². The first-order chi connectivity index (χ1) is 8.49. The number of hydrogen-bond acceptors (Lipinski definition) is 4. The van der Waals surface area contributed by atoms with Gasteiger partial charge in [0.15, 0.2) is 0 Å². The molecule has 5 nitrogen and oxygen atoms in total. The van der Waals surface area contributed by atoms with Crippen LogP contribution in [0, 0.1) is 18.3 Å². The zero-order valence-corrected chi connectivity index (χ0v) is 11.5. The number of carbonyl (C=O) groups is 2. The maximum Gasteiger partial charge on any atom is 0.339 e. The molecule has 0 unspecified atom stereocenters. The van der Waals surface area contributed by atoms with Crippen molar-refractivity contribution in [2.75, 3.05) is 12.4 Å². The third-order valence-corrected chi connectivity index (χ3v) is 2.89. The molecule has 0 radical (unpaired) electrons. The molecule has 1 N–H and O–H groups in total.